The summed E-state index contributed by atoms with van der Waals surface area (Å²) in [7, 11) is 0. The van der Waals surface area contributed by atoms with Crippen molar-refractivity contribution in [1.82, 2.24) is 0 Å². The molecule has 2 N–H and O–H groups in total. The summed E-state index contributed by atoms with van der Waals surface area (Å²) < 4.78 is 14.6. The average Bonchev–Trinajstić information content (AvgIpc) is 2.44. The molecule has 0 aliphatic rings. The van der Waals surface area contributed by atoms with E-state index in [2.05, 4.69) is 15.9 Å². The fraction of sp³-hybridized carbons (Fsp3) is 0.200. The fourth-order valence-corrected chi connectivity index (χ4v) is 3.10. The predicted molar refractivity (Wildman–Crippen MR) is 87.9 cm³/mol. The highest BCUT2D eigenvalue weighted by atomic mass is 79.9. The highest BCUT2D eigenvalue weighted by molar-refractivity contribution is 9.10. The lowest BCUT2D eigenvalue weighted by molar-refractivity contribution is 0.595. The zero-order valence-electron chi connectivity index (χ0n) is 10.9. The van der Waals surface area contributed by atoms with Gasteiger partial charge in [0.05, 0.1) is 5.02 Å². The summed E-state index contributed by atoms with van der Waals surface area (Å²) in [6, 6.07) is 11.2. The summed E-state index contributed by atoms with van der Waals surface area (Å²) in [6.45, 7) is 2.04. The Morgan fingerprint density at radius 1 is 1.25 bits per heavy atom. The molecule has 20 heavy (non-hydrogen) atoms. The molecular weight excluding hydrogens is 361 g/mol. The molecule has 2 aromatic carbocycles. The highest BCUT2D eigenvalue weighted by Crippen LogP contribution is 2.31. The second-order valence-corrected chi connectivity index (χ2v) is 6.82. The summed E-state index contributed by atoms with van der Waals surface area (Å²) in [4.78, 5) is 1.12. The molecular formula is C15H14BrClFNS. The van der Waals surface area contributed by atoms with Crippen molar-refractivity contribution in [1.29, 1.82) is 0 Å². The lowest BCUT2D eigenvalue weighted by Gasteiger charge is -2.14. The van der Waals surface area contributed by atoms with Crippen LogP contribution in [-0.2, 0) is 0 Å². The van der Waals surface area contributed by atoms with E-state index in [1.54, 1.807) is 23.9 Å². The first kappa shape index (κ1) is 15.8. The molecule has 106 valence electrons. The Kier molecular flexibility index (Phi) is 5.49. The minimum Gasteiger partial charge on any atom is -0.323 e. The lowest BCUT2D eigenvalue weighted by atomic mass is 10.1. The van der Waals surface area contributed by atoms with Crippen LogP contribution in [0.15, 0.2) is 45.8 Å². The van der Waals surface area contributed by atoms with E-state index in [1.807, 2.05) is 31.2 Å². The van der Waals surface area contributed by atoms with Crippen molar-refractivity contribution in [2.75, 3.05) is 5.75 Å². The van der Waals surface area contributed by atoms with Crippen LogP contribution in [0.25, 0.3) is 0 Å². The van der Waals surface area contributed by atoms with E-state index in [9.17, 15) is 4.39 Å². The average molecular weight is 375 g/mol. The zero-order chi connectivity index (χ0) is 14.7. The van der Waals surface area contributed by atoms with Gasteiger partial charge < -0.3 is 5.73 Å². The largest absolute Gasteiger partial charge is 0.323 e. The molecule has 5 heteroatoms. The van der Waals surface area contributed by atoms with Gasteiger partial charge in [-0.25, -0.2) is 4.39 Å². The van der Waals surface area contributed by atoms with Gasteiger partial charge in [0.1, 0.15) is 5.82 Å². The molecule has 0 radical (unpaired) electrons. The molecule has 1 unspecified atom stereocenters. The van der Waals surface area contributed by atoms with Gasteiger partial charge in [0, 0.05) is 26.7 Å². The number of thioether (sulfide) groups is 1. The van der Waals surface area contributed by atoms with Crippen molar-refractivity contribution in [3.8, 4) is 0 Å². The Hall–Kier alpha value is -0.550. The standard InChI is InChI=1S/C15H14BrClFNS/c1-9-2-4-10(5-3-9)20-8-13(19)11-6-7-12(16)14(17)15(11)18/h2-7,13H,8,19H2,1H3. The normalized spacial score (nSPS) is 12.4. The maximum absolute atomic E-state index is 14.0. The predicted octanol–water partition coefficient (Wildman–Crippen LogP) is 5.34. The van der Waals surface area contributed by atoms with Crippen molar-refractivity contribution < 1.29 is 4.39 Å². The van der Waals surface area contributed by atoms with Crippen LogP contribution in [-0.4, -0.2) is 5.75 Å². The molecule has 0 amide bonds. The zero-order valence-corrected chi connectivity index (χ0v) is 14.0. The Labute approximate surface area is 135 Å². The third-order valence-corrected chi connectivity index (χ3v) is 5.30. The molecule has 0 saturated carbocycles. The quantitative estimate of drug-likeness (QED) is 0.577. The number of nitrogens with two attached hydrogens (primary N) is 1. The molecule has 0 heterocycles. The molecule has 1 nitrogen and oxygen atoms in total. The molecule has 0 fully saturated rings. The molecule has 0 aliphatic carbocycles. The second kappa shape index (κ2) is 6.94. The van der Waals surface area contributed by atoms with Crippen molar-refractivity contribution in [2.24, 2.45) is 5.73 Å². The molecule has 0 saturated heterocycles. The first-order valence-electron chi connectivity index (χ1n) is 6.07. The van der Waals surface area contributed by atoms with Gasteiger partial charge in [0.25, 0.3) is 0 Å². The monoisotopic (exact) mass is 373 g/mol. The summed E-state index contributed by atoms with van der Waals surface area (Å²) in [5, 5.41) is 0.0817. The Morgan fingerprint density at radius 3 is 2.55 bits per heavy atom. The van der Waals surface area contributed by atoms with E-state index in [0.717, 1.165) is 4.90 Å². The van der Waals surface area contributed by atoms with Gasteiger partial charge in [-0.3, -0.25) is 0 Å². The SMILES string of the molecule is Cc1ccc(SCC(N)c2ccc(Br)c(Cl)c2F)cc1. The van der Waals surface area contributed by atoms with Crippen molar-refractivity contribution in [2.45, 2.75) is 17.9 Å². The minimum absolute atomic E-state index is 0.0817. The fourth-order valence-electron chi connectivity index (χ4n) is 1.74. The molecule has 0 bridgehead atoms. The van der Waals surface area contributed by atoms with Crippen LogP contribution >= 0.6 is 39.3 Å². The van der Waals surface area contributed by atoms with E-state index >= 15 is 0 Å². The Morgan fingerprint density at radius 2 is 1.90 bits per heavy atom. The second-order valence-electron chi connectivity index (χ2n) is 4.50. The molecule has 2 aromatic rings. The van der Waals surface area contributed by atoms with Crippen molar-refractivity contribution in [3.63, 3.8) is 0 Å². The maximum atomic E-state index is 14.0. The molecule has 1 atom stereocenters. The van der Waals surface area contributed by atoms with E-state index < -0.39 is 11.9 Å². The maximum Gasteiger partial charge on any atom is 0.147 e. The number of hydrogen-bond donors (Lipinski definition) is 1. The van der Waals surface area contributed by atoms with E-state index in [-0.39, 0.29) is 5.02 Å². The molecule has 0 aliphatic heterocycles. The summed E-state index contributed by atoms with van der Waals surface area (Å²) in [6.07, 6.45) is 0. The third-order valence-electron chi connectivity index (χ3n) is 2.92. The number of aryl methyl sites for hydroxylation is 1. The summed E-state index contributed by atoms with van der Waals surface area (Å²) >= 11 is 10.7. The van der Waals surface area contributed by atoms with E-state index in [1.165, 1.54) is 5.56 Å². The van der Waals surface area contributed by atoms with Crippen LogP contribution in [0.3, 0.4) is 0 Å². The van der Waals surface area contributed by atoms with Crippen LogP contribution in [0.4, 0.5) is 4.39 Å². The van der Waals surface area contributed by atoms with Gasteiger partial charge in [0.2, 0.25) is 0 Å². The first-order valence-corrected chi connectivity index (χ1v) is 8.23. The number of hydrogen-bond acceptors (Lipinski definition) is 2. The number of benzene rings is 2. The van der Waals surface area contributed by atoms with Crippen molar-refractivity contribution >= 4 is 39.3 Å². The molecule has 2 rings (SSSR count). The van der Waals surface area contributed by atoms with Gasteiger partial charge in [-0.2, -0.15) is 0 Å². The third kappa shape index (κ3) is 3.76. The van der Waals surface area contributed by atoms with Gasteiger partial charge in [-0.05, 0) is 41.1 Å². The Balaban J connectivity index is 2.07. The van der Waals surface area contributed by atoms with Crippen LogP contribution in [0.2, 0.25) is 5.02 Å². The van der Waals surface area contributed by atoms with Crippen LogP contribution < -0.4 is 5.73 Å². The Bertz CT molecular complexity index is 604. The van der Waals surface area contributed by atoms with Crippen LogP contribution in [0.5, 0.6) is 0 Å². The number of halogens is 3. The summed E-state index contributed by atoms with van der Waals surface area (Å²) in [5.74, 6) is 0.149. The van der Waals surface area contributed by atoms with Gasteiger partial charge >= 0.3 is 0 Å². The molecule has 0 spiro atoms. The van der Waals surface area contributed by atoms with Crippen LogP contribution in [0.1, 0.15) is 17.2 Å². The van der Waals surface area contributed by atoms with E-state index in [0.29, 0.717) is 15.8 Å². The van der Waals surface area contributed by atoms with Gasteiger partial charge in [-0.15, -0.1) is 11.8 Å². The highest BCUT2D eigenvalue weighted by Gasteiger charge is 2.16. The topological polar surface area (TPSA) is 26.0 Å². The summed E-state index contributed by atoms with van der Waals surface area (Å²) in [5.41, 5.74) is 7.71. The van der Waals surface area contributed by atoms with Gasteiger partial charge in [0.15, 0.2) is 0 Å². The smallest absolute Gasteiger partial charge is 0.147 e. The van der Waals surface area contributed by atoms with Gasteiger partial charge in [-0.1, -0.05) is 35.4 Å². The van der Waals surface area contributed by atoms with Crippen LogP contribution in [0, 0.1) is 12.7 Å². The van der Waals surface area contributed by atoms with Crippen molar-refractivity contribution in [3.05, 3.63) is 62.8 Å². The number of rotatable bonds is 4. The lowest BCUT2D eigenvalue weighted by Crippen LogP contribution is -2.15. The first-order chi connectivity index (χ1) is 9.49. The molecule has 0 aromatic heterocycles. The minimum atomic E-state index is -0.446. The van der Waals surface area contributed by atoms with E-state index in [4.69, 9.17) is 17.3 Å².